The molecule has 2 radical (unpaired) electrons. The lowest BCUT2D eigenvalue weighted by Gasteiger charge is -2.36. The van der Waals surface area contributed by atoms with Crippen LogP contribution in [0.25, 0.3) is 32.6 Å². The second kappa shape index (κ2) is 5.97. The van der Waals surface area contributed by atoms with Gasteiger partial charge in [-0.25, -0.2) is 0 Å². The first-order valence-corrected chi connectivity index (χ1v) is 9.51. The summed E-state index contributed by atoms with van der Waals surface area (Å²) >= 11 is 0. The Kier molecular flexibility index (Phi) is 3.71. The molecule has 3 aromatic carbocycles. The first-order valence-electron chi connectivity index (χ1n) is 9.51. The fourth-order valence-corrected chi connectivity index (χ4v) is 4.36. The van der Waals surface area contributed by atoms with E-state index in [-0.39, 0.29) is 5.43 Å². The molecule has 1 aromatic heterocycles. The molecule has 0 saturated carbocycles. The zero-order valence-electron chi connectivity index (χ0n) is 16.7. The Bertz CT molecular complexity index is 1370. The number of ether oxygens (including phenoxy) is 2. The minimum Gasteiger partial charge on any atom is -0.496 e. The van der Waals surface area contributed by atoms with E-state index in [0.717, 1.165) is 16.3 Å². The van der Waals surface area contributed by atoms with E-state index in [9.17, 15) is 9.90 Å². The van der Waals surface area contributed by atoms with Crippen molar-refractivity contribution >= 4 is 32.6 Å². The van der Waals surface area contributed by atoms with Gasteiger partial charge in [0.1, 0.15) is 17.1 Å². The Morgan fingerprint density at radius 1 is 1.17 bits per heavy atom. The standard InChI is InChI=1S/C24H21NO4/c1-24(2)12-17(26)20-19(29-24)11-18(28-4)21-22(20)25(3)16-10-14-8-6-5-7-13(14)9-15(16)23(21)27/h5-11,17,26H,1-4H3. The van der Waals surface area contributed by atoms with Crippen LogP contribution in [0.3, 0.4) is 0 Å². The summed E-state index contributed by atoms with van der Waals surface area (Å²) in [6, 6.07) is 13.6. The fraction of sp³-hybridized carbons (Fsp3) is 0.250. The normalized spacial score (nSPS) is 18.0. The van der Waals surface area contributed by atoms with Crippen LogP contribution in [0.15, 0.2) is 47.3 Å². The molecule has 5 nitrogen and oxygen atoms in total. The molecule has 1 aliphatic rings. The van der Waals surface area contributed by atoms with Crippen molar-refractivity contribution in [2.45, 2.75) is 25.6 Å². The van der Waals surface area contributed by atoms with Crippen molar-refractivity contribution in [3.8, 4) is 11.5 Å². The van der Waals surface area contributed by atoms with Crippen molar-refractivity contribution < 1.29 is 14.6 Å². The number of aryl methyl sites for hydroxylation is 1. The Morgan fingerprint density at radius 3 is 2.55 bits per heavy atom. The van der Waals surface area contributed by atoms with Gasteiger partial charge >= 0.3 is 0 Å². The predicted octanol–water partition coefficient (Wildman–Crippen LogP) is 4.14. The summed E-state index contributed by atoms with van der Waals surface area (Å²) in [6.45, 7) is 3.67. The number of pyridine rings is 1. The molecule has 0 aliphatic carbocycles. The number of nitrogens with zero attached hydrogens (tertiary/aromatic N) is 1. The van der Waals surface area contributed by atoms with E-state index >= 15 is 0 Å². The van der Waals surface area contributed by atoms with Gasteiger partial charge in [0.25, 0.3) is 0 Å². The molecule has 5 heteroatoms. The van der Waals surface area contributed by atoms with Gasteiger partial charge in [-0.3, -0.25) is 4.79 Å². The Balaban J connectivity index is 2.01. The van der Waals surface area contributed by atoms with Gasteiger partial charge in [-0.05, 0) is 36.8 Å². The first kappa shape index (κ1) is 18.0. The molecule has 1 atom stereocenters. The quantitative estimate of drug-likeness (QED) is 0.499. The van der Waals surface area contributed by atoms with E-state index in [1.54, 1.807) is 6.07 Å². The maximum Gasteiger partial charge on any atom is 0.201 e. The summed E-state index contributed by atoms with van der Waals surface area (Å²) in [5.74, 6) is 0.931. The zero-order valence-corrected chi connectivity index (χ0v) is 16.7. The lowest BCUT2D eigenvalue weighted by atomic mass is 9.89. The van der Waals surface area contributed by atoms with Crippen molar-refractivity contribution in [3.63, 3.8) is 0 Å². The molecule has 0 amide bonds. The minimum absolute atomic E-state index is 0.129. The molecular weight excluding hydrogens is 366 g/mol. The molecule has 1 unspecified atom stereocenters. The van der Waals surface area contributed by atoms with Gasteiger partial charge in [0.15, 0.2) is 0 Å². The number of aromatic nitrogens is 1. The number of aliphatic hydroxyl groups is 1. The summed E-state index contributed by atoms with van der Waals surface area (Å²) in [4.78, 5) is 13.5. The number of methoxy groups -OCH3 is 1. The Hall–Kier alpha value is -3.05. The molecule has 0 spiro atoms. The van der Waals surface area contributed by atoms with E-state index < -0.39 is 11.7 Å². The molecule has 1 aliphatic heterocycles. The zero-order chi connectivity index (χ0) is 20.5. The highest BCUT2D eigenvalue weighted by Crippen LogP contribution is 2.45. The average Bonchev–Trinajstić information content (AvgIpc) is 2.68. The Labute approximate surface area is 168 Å². The van der Waals surface area contributed by atoms with E-state index in [2.05, 4.69) is 6.42 Å². The summed E-state index contributed by atoms with van der Waals surface area (Å²) in [5, 5.41) is 14.0. The maximum atomic E-state index is 13.5. The van der Waals surface area contributed by atoms with Crippen LogP contribution in [0.1, 0.15) is 25.5 Å². The second-order valence-corrected chi connectivity index (χ2v) is 7.98. The van der Waals surface area contributed by atoms with Gasteiger partial charge in [-0.1, -0.05) is 24.3 Å². The molecule has 29 heavy (non-hydrogen) atoms. The maximum absolute atomic E-state index is 13.5. The molecule has 0 bridgehead atoms. The number of rotatable bonds is 1. The molecule has 0 fully saturated rings. The first-order chi connectivity index (χ1) is 13.8. The Morgan fingerprint density at radius 2 is 1.86 bits per heavy atom. The van der Waals surface area contributed by atoms with Crippen LogP contribution in [0, 0.1) is 6.42 Å². The van der Waals surface area contributed by atoms with Crippen molar-refractivity contribution in [3.05, 3.63) is 64.7 Å². The summed E-state index contributed by atoms with van der Waals surface area (Å²) in [6.07, 6.45) is 2.06. The highest BCUT2D eigenvalue weighted by Gasteiger charge is 2.37. The summed E-state index contributed by atoms with van der Waals surface area (Å²) in [5.41, 5.74) is 1.04. The largest absolute Gasteiger partial charge is 0.496 e. The number of hydrogen-bond acceptors (Lipinski definition) is 4. The molecule has 5 rings (SSSR count). The van der Waals surface area contributed by atoms with Gasteiger partial charge in [-0.2, -0.15) is 0 Å². The molecule has 0 saturated heterocycles. The van der Waals surface area contributed by atoms with Crippen molar-refractivity contribution in [2.75, 3.05) is 7.11 Å². The predicted molar refractivity (Wildman–Crippen MR) is 114 cm³/mol. The van der Waals surface area contributed by atoms with Gasteiger partial charge in [0.05, 0.1) is 36.1 Å². The van der Waals surface area contributed by atoms with E-state index in [1.165, 1.54) is 7.11 Å². The van der Waals surface area contributed by atoms with Crippen LogP contribution < -0.4 is 14.9 Å². The number of benzene rings is 3. The van der Waals surface area contributed by atoms with E-state index in [0.29, 0.717) is 33.4 Å². The molecule has 2 heterocycles. The minimum atomic E-state index is -0.981. The molecular formula is C24H21NO4. The highest BCUT2D eigenvalue weighted by molar-refractivity contribution is 6.04. The van der Waals surface area contributed by atoms with Crippen LogP contribution in [0.4, 0.5) is 0 Å². The highest BCUT2D eigenvalue weighted by atomic mass is 16.5. The SMILES string of the molecule is COc1cc2c(c3c1c(=O)c1cc4ccccc4cc1n3C)C(O)[C]C(C)(C)O2. The van der Waals surface area contributed by atoms with Gasteiger partial charge in [-0.15, -0.1) is 0 Å². The summed E-state index contributed by atoms with van der Waals surface area (Å²) < 4.78 is 13.6. The van der Waals surface area contributed by atoms with Crippen LogP contribution >= 0.6 is 0 Å². The number of fused-ring (bicyclic) bond motifs is 5. The molecule has 4 aromatic rings. The number of hydrogen-bond donors (Lipinski definition) is 1. The lowest BCUT2D eigenvalue weighted by molar-refractivity contribution is 0.0689. The van der Waals surface area contributed by atoms with Crippen molar-refractivity contribution in [2.24, 2.45) is 7.05 Å². The fourth-order valence-electron chi connectivity index (χ4n) is 4.36. The van der Waals surface area contributed by atoms with E-state index in [4.69, 9.17) is 9.47 Å². The van der Waals surface area contributed by atoms with Crippen LogP contribution in [-0.4, -0.2) is 22.4 Å². The lowest BCUT2D eigenvalue weighted by Crippen LogP contribution is -2.36. The second-order valence-electron chi connectivity index (χ2n) is 7.98. The van der Waals surface area contributed by atoms with Crippen molar-refractivity contribution in [1.82, 2.24) is 4.57 Å². The van der Waals surface area contributed by atoms with Gasteiger partial charge in [0.2, 0.25) is 5.43 Å². The van der Waals surface area contributed by atoms with Crippen LogP contribution in [-0.2, 0) is 7.05 Å². The third kappa shape index (κ3) is 2.54. The van der Waals surface area contributed by atoms with Crippen molar-refractivity contribution in [1.29, 1.82) is 0 Å². The third-order valence-electron chi connectivity index (χ3n) is 5.64. The van der Waals surface area contributed by atoms with Gasteiger partial charge in [0, 0.05) is 24.1 Å². The third-order valence-corrected chi connectivity index (χ3v) is 5.64. The monoisotopic (exact) mass is 387 g/mol. The molecule has 146 valence electrons. The summed E-state index contributed by atoms with van der Waals surface area (Å²) in [7, 11) is 3.43. The average molecular weight is 387 g/mol. The smallest absolute Gasteiger partial charge is 0.201 e. The van der Waals surface area contributed by atoms with E-state index in [1.807, 2.05) is 61.9 Å². The number of aliphatic hydroxyl groups excluding tert-OH is 1. The topological polar surface area (TPSA) is 60.7 Å². The van der Waals surface area contributed by atoms with Crippen LogP contribution in [0.5, 0.6) is 11.5 Å². The van der Waals surface area contributed by atoms with Gasteiger partial charge < -0.3 is 19.1 Å². The molecule has 1 N–H and O–H groups in total. The van der Waals surface area contributed by atoms with Crippen LogP contribution in [0.2, 0.25) is 0 Å².